The first kappa shape index (κ1) is 77.9. The van der Waals surface area contributed by atoms with Crippen LogP contribution in [0.1, 0.15) is 412 Å². The van der Waals surface area contributed by atoms with Crippen LogP contribution in [0.5, 0.6) is 0 Å². The maximum atomic E-state index is 13.0. The summed E-state index contributed by atoms with van der Waals surface area (Å²) in [6.45, 7) is 6.72. The number of rotatable bonds is 68. The summed E-state index contributed by atoms with van der Waals surface area (Å²) in [4.78, 5) is 38.4. The first-order valence-electron chi connectivity index (χ1n) is 36.3. The molecule has 0 saturated carbocycles. The highest BCUT2D eigenvalue weighted by molar-refractivity contribution is 5.71. The van der Waals surface area contributed by atoms with Crippen LogP contribution in [-0.2, 0) is 28.6 Å². The SMILES string of the molecule is CCCCCCC/C=C\C/C=C\CCCCCCCCCCCCCCCC(=O)OCC(COC(=O)CCCCCCCCCCCCCCC)OC(=O)CCCCCCCCCCCCCCCCCCCCCCCCCC. The van der Waals surface area contributed by atoms with Gasteiger partial charge in [-0.2, -0.15) is 0 Å². The molecule has 0 aromatic carbocycles. The maximum Gasteiger partial charge on any atom is 0.306 e. The predicted molar refractivity (Wildman–Crippen MR) is 349 cm³/mol. The number of esters is 3. The Hall–Kier alpha value is -2.11. The minimum atomic E-state index is -0.768. The van der Waals surface area contributed by atoms with Crippen molar-refractivity contribution in [1.29, 1.82) is 0 Å². The van der Waals surface area contributed by atoms with Crippen molar-refractivity contribution in [2.24, 2.45) is 0 Å². The molecule has 472 valence electrons. The van der Waals surface area contributed by atoms with Crippen molar-refractivity contribution in [3.8, 4) is 0 Å². The Morgan fingerprint density at radius 3 is 0.688 bits per heavy atom. The van der Waals surface area contributed by atoms with Gasteiger partial charge < -0.3 is 14.2 Å². The molecule has 0 saturated heterocycles. The second kappa shape index (κ2) is 69.4. The quantitative estimate of drug-likeness (QED) is 0.0261. The van der Waals surface area contributed by atoms with Crippen molar-refractivity contribution in [1.82, 2.24) is 0 Å². The summed E-state index contributed by atoms with van der Waals surface area (Å²) in [6.07, 6.45) is 85.0. The Morgan fingerprint density at radius 2 is 0.450 bits per heavy atom. The Morgan fingerprint density at radius 1 is 0.250 bits per heavy atom. The van der Waals surface area contributed by atoms with E-state index in [9.17, 15) is 14.4 Å². The summed E-state index contributed by atoms with van der Waals surface area (Å²) >= 11 is 0. The standard InChI is InChI=1S/C74H140O6/c1-4-7-10-13-16-19-22-25-27-29-31-33-35-37-39-40-42-44-46-49-52-55-58-61-64-67-73(76)79-70-71(69-78-72(75)66-63-60-57-54-51-48-24-21-18-15-12-9-6-3)80-74(77)68-65-62-59-56-53-50-47-45-43-41-38-36-34-32-30-28-26-23-20-17-14-11-8-5-2/h22,25,29,31,71H,4-21,23-24,26-28,30,32-70H2,1-3H3/b25-22-,31-29-. The first-order valence-corrected chi connectivity index (χ1v) is 36.3. The molecule has 0 radical (unpaired) electrons. The molecule has 0 spiro atoms. The molecular weight excluding hydrogens is 985 g/mol. The lowest BCUT2D eigenvalue weighted by molar-refractivity contribution is -0.167. The van der Waals surface area contributed by atoms with E-state index < -0.39 is 6.10 Å². The predicted octanol–water partition coefficient (Wildman–Crippen LogP) is 25.0. The molecule has 0 bridgehead atoms. The van der Waals surface area contributed by atoms with Crippen LogP contribution in [0.4, 0.5) is 0 Å². The van der Waals surface area contributed by atoms with Crippen LogP contribution < -0.4 is 0 Å². The number of carbonyl (C=O) groups is 3. The number of carbonyl (C=O) groups excluding carboxylic acids is 3. The summed E-state index contributed by atoms with van der Waals surface area (Å²) in [6, 6.07) is 0. The fraction of sp³-hybridized carbons (Fsp3) is 0.905. The van der Waals surface area contributed by atoms with E-state index in [2.05, 4.69) is 45.1 Å². The van der Waals surface area contributed by atoms with Crippen molar-refractivity contribution < 1.29 is 28.6 Å². The topological polar surface area (TPSA) is 78.9 Å². The van der Waals surface area contributed by atoms with Crippen LogP contribution in [-0.4, -0.2) is 37.2 Å². The molecule has 0 fully saturated rings. The summed E-state index contributed by atoms with van der Waals surface area (Å²) in [5.74, 6) is -0.830. The van der Waals surface area contributed by atoms with E-state index in [1.807, 2.05) is 0 Å². The van der Waals surface area contributed by atoms with E-state index in [0.29, 0.717) is 19.3 Å². The van der Waals surface area contributed by atoms with Crippen molar-refractivity contribution in [3.63, 3.8) is 0 Å². The Labute approximate surface area is 500 Å². The Balaban J connectivity index is 4.21. The largest absolute Gasteiger partial charge is 0.462 e. The third kappa shape index (κ3) is 66.7. The number of unbranched alkanes of at least 4 members (excludes halogenated alkanes) is 53. The third-order valence-electron chi connectivity index (χ3n) is 16.7. The van der Waals surface area contributed by atoms with Crippen LogP contribution >= 0.6 is 0 Å². The van der Waals surface area contributed by atoms with Gasteiger partial charge in [-0.05, 0) is 51.4 Å². The molecule has 0 aromatic heterocycles. The second-order valence-electron chi connectivity index (χ2n) is 24.9. The van der Waals surface area contributed by atoms with Crippen molar-refractivity contribution in [3.05, 3.63) is 24.3 Å². The van der Waals surface area contributed by atoms with E-state index >= 15 is 0 Å². The molecular formula is C74H140O6. The van der Waals surface area contributed by atoms with E-state index in [4.69, 9.17) is 14.2 Å². The third-order valence-corrected chi connectivity index (χ3v) is 16.7. The van der Waals surface area contributed by atoms with E-state index in [-0.39, 0.29) is 31.1 Å². The number of hydrogen-bond donors (Lipinski definition) is 0. The van der Waals surface area contributed by atoms with Crippen LogP contribution in [0.2, 0.25) is 0 Å². The van der Waals surface area contributed by atoms with Gasteiger partial charge >= 0.3 is 17.9 Å². The van der Waals surface area contributed by atoms with Gasteiger partial charge in [0.1, 0.15) is 13.2 Å². The highest BCUT2D eigenvalue weighted by atomic mass is 16.6. The van der Waals surface area contributed by atoms with Crippen molar-refractivity contribution in [2.75, 3.05) is 13.2 Å². The summed E-state index contributed by atoms with van der Waals surface area (Å²) in [5, 5.41) is 0. The minimum absolute atomic E-state index is 0.0641. The van der Waals surface area contributed by atoms with Crippen LogP contribution in [0.25, 0.3) is 0 Å². The molecule has 0 rings (SSSR count). The van der Waals surface area contributed by atoms with Gasteiger partial charge in [0, 0.05) is 19.3 Å². The fourth-order valence-corrected chi connectivity index (χ4v) is 11.2. The monoisotopic (exact) mass is 1130 g/mol. The molecule has 1 atom stereocenters. The summed E-state index contributed by atoms with van der Waals surface area (Å²) in [5.41, 5.74) is 0. The molecule has 0 aliphatic heterocycles. The highest BCUT2D eigenvalue weighted by Gasteiger charge is 2.19. The van der Waals surface area contributed by atoms with Crippen LogP contribution in [0.15, 0.2) is 24.3 Å². The molecule has 0 N–H and O–H groups in total. The summed E-state index contributed by atoms with van der Waals surface area (Å²) in [7, 11) is 0. The zero-order valence-electron chi connectivity index (χ0n) is 54.4. The van der Waals surface area contributed by atoms with Gasteiger partial charge in [-0.25, -0.2) is 0 Å². The minimum Gasteiger partial charge on any atom is -0.462 e. The van der Waals surface area contributed by atoms with Crippen LogP contribution in [0.3, 0.4) is 0 Å². The zero-order valence-corrected chi connectivity index (χ0v) is 54.4. The van der Waals surface area contributed by atoms with Gasteiger partial charge in [0.05, 0.1) is 0 Å². The molecule has 0 heterocycles. The Bertz CT molecular complexity index is 1290. The molecule has 0 amide bonds. The van der Waals surface area contributed by atoms with E-state index in [0.717, 1.165) is 64.2 Å². The van der Waals surface area contributed by atoms with Gasteiger partial charge in [-0.3, -0.25) is 14.4 Å². The number of hydrogen-bond acceptors (Lipinski definition) is 6. The second-order valence-corrected chi connectivity index (χ2v) is 24.9. The average molecular weight is 1130 g/mol. The van der Waals surface area contributed by atoms with Gasteiger partial charge in [0.2, 0.25) is 0 Å². The van der Waals surface area contributed by atoms with E-state index in [1.165, 1.54) is 308 Å². The first-order chi connectivity index (χ1) is 39.5. The maximum absolute atomic E-state index is 13.0. The lowest BCUT2D eigenvalue weighted by Gasteiger charge is -2.18. The molecule has 6 nitrogen and oxygen atoms in total. The molecule has 0 aliphatic rings. The molecule has 6 heteroatoms. The normalized spacial score (nSPS) is 12.1. The van der Waals surface area contributed by atoms with Gasteiger partial charge in [-0.15, -0.1) is 0 Å². The lowest BCUT2D eigenvalue weighted by Crippen LogP contribution is -2.30. The smallest absolute Gasteiger partial charge is 0.306 e. The number of ether oxygens (including phenoxy) is 3. The molecule has 0 aliphatic carbocycles. The molecule has 80 heavy (non-hydrogen) atoms. The molecule has 1 unspecified atom stereocenters. The highest BCUT2D eigenvalue weighted by Crippen LogP contribution is 2.19. The Kier molecular flexibility index (Phi) is 67.6. The van der Waals surface area contributed by atoms with Crippen molar-refractivity contribution in [2.45, 2.75) is 419 Å². The lowest BCUT2D eigenvalue weighted by atomic mass is 10.0. The fourth-order valence-electron chi connectivity index (χ4n) is 11.2. The van der Waals surface area contributed by atoms with Crippen molar-refractivity contribution >= 4 is 17.9 Å². The average Bonchev–Trinajstić information content (AvgIpc) is 3.46. The van der Waals surface area contributed by atoms with E-state index in [1.54, 1.807) is 0 Å². The van der Waals surface area contributed by atoms with Crippen LogP contribution in [0, 0.1) is 0 Å². The van der Waals surface area contributed by atoms with Gasteiger partial charge in [0.25, 0.3) is 0 Å². The van der Waals surface area contributed by atoms with Gasteiger partial charge in [0.15, 0.2) is 6.10 Å². The number of allylic oxidation sites excluding steroid dienone is 4. The summed E-state index contributed by atoms with van der Waals surface area (Å²) < 4.78 is 17.0. The molecule has 0 aromatic rings. The van der Waals surface area contributed by atoms with Gasteiger partial charge in [-0.1, -0.05) is 366 Å². The zero-order chi connectivity index (χ0) is 57.8.